The third kappa shape index (κ3) is 4.83. The number of halogens is 1. The maximum Gasteiger partial charge on any atom is 0.315 e. The van der Waals surface area contributed by atoms with Gasteiger partial charge in [-0.15, -0.1) is 0 Å². The SMILES string of the molecule is CNC(=O)c1ccc(CNC(=O)NC(C)c2ccccc2Br)cc1. The Morgan fingerprint density at radius 3 is 2.38 bits per heavy atom. The van der Waals surface area contributed by atoms with Crippen molar-refractivity contribution in [3.05, 3.63) is 69.7 Å². The van der Waals surface area contributed by atoms with E-state index in [9.17, 15) is 9.59 Å². The molecule has 126 valence electrons. The molecule has 0 aromatic heterocycles. The van der Waals surface area contributed by atoms with Crippen molar-refractivity contribution in [2.24, 2.45) is 0 Å². The molecule has 3 N–H and O–H groups in total. The largest absolute Gasteiger partial charge is 0.355 e. The second-order valence-electron chi connectivity index (χ2n) is 5.35. The molecule has 2 aromatic carbocycles. The second kappa shape index (κ2) is 8.49. The van der Waals surface area contributed by atoms with Crippen molar-refractivity contribution in [2.75, 3.05) is 7.05 Å². The molecular formula is C18H20BrN3O2. The highest BCUT2D eigenvalue weighted by Gasteiger charge is 2.11. The van der Waals surface area contributed by atoms with E-state index in [0.717, 1.165) is 15.6 Å². The topological polar surface area (TPSA) is 70.2 Å². The molecule has 0 fully saturated rings. The molecule has 0 aliphatic carbocycles. The third-order valence-corrected chi connectivity index (χ3v) is 4.34. The van der Waals surface area contributed by atoms with Crippen molar-refractivity contribution >= 4 is 27.9 Å². The van der Waals surface area contributed by atoms with Gasteiger partial charge in [0.05, 0.1) is 6.04 Å². The normalized spacial score (nSPS) is 11.5. The lowest BCUT2D eigenvalue weighted by Crippen LogP contribution is -2.36. The highest BCUT2D eigenvalue weighted by molar-refractivity contribution is 9.10. The van der Waals surface area contributed by atoms with Crippen molar-refractivity contribution in [2.45, 2.75) is 19.5 Å². The molecule has 0 saturated carbocycles. The van der Waals surface area contributed by atoms with E-state index in [0.29, 0.717) is 12.1 Å². The fourth-order valence-electron chi connectivity index (χ4n) is 2.25. The van der Waals surface area contributed by atoms with Crippen molar-refractivity contribution in [3.8, 4) is 0 Å². The van der Waals surface area contributed by atoms with Crippen LogP contribution in [-0.2, 0) is 6.54 Å². The minimum absolute atomic E-state index is 0.115. The molecule has 2 rings (SSSR count). The summed E-state index contributed by atoms with van der Waals surface area (Å²) in [6.07, 6.45) is 0. The lowest BCUT2D eigenvalue weighted by molar-refractivity contribution is 0.0963. The van der Waals surface area contributed by atoms with Gasteiger partial charge in [-0.1, -0.05) is 46.3 Å². The van der Waals surface area contributed by atoms with Crippen LogP contribution in [0.15, 0.2) is 53.0 Å². The Bertz CT molecular complexity index is 716. The summed E-state index contributed by atoms with van der Waals surface area (Å²) in [5.74, 6) is -0.130. The lowest BCUT2D eigenvalue weighted by Gasteiger charge is -2.16. The summed E-state index contributed by atoms with van der Waals surface area (Å²) in [6, 6.07) is 14.5. The Kier molecular flexibility index (Phi) is 6.37. The maximum absolute atomic E-state index is 12.0. The van der Waals surface area contributed by atoms with Gasteiger partial charge in [0, 0.05) is 23.6 Å². The maximum atomic E-state index is 12.0. The number of amides is 3. The van der Waals surface area contributed by atoms with Crippen LogP contribution < -0.4 is 16.0 Å². The van der Waals surface area contributed by atoms with Gasteiger partial charge in [0.1, 0.15) is 0 Å². The predicted molar refractivity (Wildman–Crippen MR) is 97.8 cm³/mol. The molecule has 0 spiro atoms. The summed E-state index contributed by atoms with van der Waals surface area (Å²) in [5.41, 5.74) is 2.53. The molecule has 6 heteroatoms. The molecule has 1 unspecified atom stereocenters. The Balaban J connectivity index is 1.87. The van der Waals surface area contributed by atoms with Crippen LogP contribution in [0, 0.1) is 0 Å². The summed E-state index contributed by atoms with van der Waals surface area (Å²) in [7, 11) is 1.59. The highest BCUT2D eigenvalue weighted by atomic mass is 79.9. The van der Waals surface area contributed by atoms with E-state index < -0.39 is 0 Å². The van der Waals surface area contributed by atoms with Crippen LogP contribution in [0.3, 0.4) is 0 Å². The molecule has 0 bridgehead atoms. The standard InChI is InChI=1S/C18H20BrN3O2/c1-12(15-5-3-4-6-16(15)19)22-18(24)21-11-13-7-9-14(10-8-13)17(23)20-2/h3-10,12H,11H2,1-2H3,(H,20,23)(H2,21,22,24). The average molecular weight is 390 g/mol. The zero-order chi connectivity index (χ0) is 17.5. The van der Waals surface area contributed by atoms with Crippen LogP contribution in [0.2, 0.25) is 0 Å². The van der Waals surface area contributed by atoms with Gasteiger partial charge >= 0.3 is 6.03 Å². The van der Waals surface area contributed by atoms with E-state index in [1.54, 1.807) is 19.2 Å². The van der Waals surface area contributed by atoms with Gasteiger partial charge < -0.3 is 16.0 Å². The molecule has 3 amide bonds. The Morgan fingerprint density at radius 2 is 1.75 bits per heavy atom. The number of nitrogens with one attached hydrogen (secondary N) is 3. The van der Waals surface area contributed by atoms with Crippen LogP contribution in [0.25, 0.3) is 0 Å². The summed E-state index contributed by atoms with van der Waals surface area (Å²) in [5, 5.41) is 8.29. The average Bonchev–Trinajstić information content (AvgIpc) is 2.60. The first-order valence-corrected chi connectivity index (χ1v) is 8.40. The first-order valence-electron chi connectivity index (χ1n) is 7.61. The van der Waals surface area contributed by atoms with Crippen LogP contribution in [0.5, 0.6) is 0 Å². The van der Waals surface area contributed by atoms with Crippen LogP contribution >= 0.6 is 15.9 Å². The van der Waals surface area contributed by atoms with E-state index in [1.165, 1.54) is 0 Å². The van der Waals surface area contributed by atoms with Crippen molar-refractivity contribution in [1.82, 2.24) is 16.0 Å². The monoisotopic (exact) mass is 389 g/mol. The highest BCUT2D eigenvalue weighted by Crippen LogP contribution is 2.22. The Labute approximate surface area is 150 Å². The van der Waals surface area contributed by atoms with E-state index in [1.807, 2.05) is 43.3 Å². The number of carbonyl (C=O) groups excluding carboxylic acids is 2. The number of carbonyl (C=O) groups is 2. The van der Waals surface area contributed by atoms with E-state index >= 15 is 0 Å². The molecule has 24 heavy (non-hydrogen) atoms. The van der Waals surface area contributed by atoms with Gasteiger partial charge in [-0.05, 0) is 36.2 Å². The number of benzene rings is 2. The van der Waals surface area contributed by atoms with Crippen molar-refractivity contribution in [1.29, 1.82) is 0 Å². The molecule has 0 saturated heterocycles. The third-order valence-electron chi connectivity index (χ3n) is 3.62. The van der Waals surface area contributed by atoms with Gasteiger partial charge in [0.15, 0.2) is 0 Å². The number of hydrogen-bond acceptors (Lipinski definition) is 2. The summed E-state index contributed by atoms with van der Waals surface area (Å²) in [4.78, 5) is 23.5. The van der Waals surface area contributed by atoms with Crippen LogP contribution in [0.1, 0.15) is 34.5 Å². The summed E-state index contributed by atoms with van der Waals surface area (Å²) < 4.78 is 0.961. The van der Waals surface area contributed by atoms with Gasteiger partial charge in [-0.2, -0.15) is 0 Å². The van der Waals surface area contributed by atoms with Crippen molar-refractivity contribution in [3.63, 3.8) is 0 Å². The molecule has 1 atom stereocenters. The minimum atomic E-state index is -0.242. The van der Waals surface area contributed by atoms with Crippen LogP contribution in [-0.4, -0.2) is 19.0 Å². The summed E-state index contributed by atoms with van der Waals surface area (Å²) >= 11 is 3.48. The second-order valence-corrected chi connectivity index (χ2v) is 6.20. The predicted octanol–water partition coefficient (Wildman–Crippen LogP) is 3.37. The molecular weight excluding hydrogens is 370 g/mol. The molecule has 2 aromatic rings. The van der Waals surface area contributed by atoms with E-state index in [2.05, 4.69) is 31.9 Å². The Morgan fingerprint density at radius 1 is 1.08 bits per heavy atom. The fourth-order valence-corrected chi connectivity index (χ4v) is 2.88. The number of rotatable bonds is 5. The van der Waals surface area contributed by atoms with Gasteiger partial charge in [-0.25, -0.2) is 4.79 Å². The fraction of sp³-hybridized carbons (Fsp3) is 0.222. The smallest absolute Gasteiger partial charge is 0.315 e. The van der Waals surface area contributed by atoms with Crippen LogP contribution in [0.4, 0.5) is 4.79 Å². The summed E-state index contributed by atoms with van der Waals surface area (Å²) in [6.45, 7) is 2.32. The zero-order valence-electron chi connectivity index (χ0n) is 13.6. The van der Waals surface area contributed by atoms with E-state index in [-0.39, 0.29) is 18.0 Å². The number of hydrogen-bond donors (Lipinski definition) is 3. The molecule has 0 radical (unpaired) electrons. The van der Waals surface area contributed by atoms with Crippen molar-refractivity contribution < 1.29 is 9.59 Å². The quantitative estimate of drug-likeness (QED) is 0.733. The van der Waals surface area contributed by atoms with Gasteiger partial charge in [-0.3, -0.25) is 4.79 Å². The zero-order valence-corrected chi connectivity index (χ0v) is 15.2. The van der Waals surface area contributed by atoms with E-state index in [4.69, 9.17) is 0 Å². The molecule has 0 heterocycles. The first-order chi connectivity index (χ1) is 11.5. The Hall–Kier alpha value is -2.34. The molecule has 5 nitrogen and oxygen atoms in total. The molecule has 0 aliphatic rings. The molecule has 0 aliphatic heterocycles. The lowest BCUT2D eigenvalue weighted by atomic mass is 10.1. The number of urea groups is 1. The van der Waals surface area contributed by atoms with Gasteiger partial charge in [0.25, 0.3) is 5.91 Å². The van der Waals surface area contributed by atoms with Gasteiger partial charge in [0.2, 0.25) is 0 Å². The minimum Gasteiger partial charge on any atom is -0.355 e. The first kappa shape index (κ1) is 18.0.